The van der Waals surface area contributed by atoms with E-state index >= 15 is 0 Å². The van der Waals surface area contributed by atoms with Gasteiger partial charge in [0.2, 0.25) is 0 Å². The van der Waals surface area contributed by atoms with Crippen LogP contribution in [0.1, 0.15) is 13.3 Å². The predicted octanol–water partition coefficient (Wildman–Crippen LogP) is 1.30. The fourth-order valence-electron chi connectivity index (χ4n) is 1.34. The molecular formula is C12H23N5. The number of hydrogen-bond donors (Lipinski definition) is 1. The summed E-state index contributed by atoms with van der Waals surface area (Å²) < 4.78 is 0. The quantitative estimate of drug-likeness (QED) is 0.774. The van der Waals surface area contributed by atoms with Crippen LogP contribution in [0.5, 0.6) is 0 Å². The van der Waals surface area contributed by atoms with Crippen molar-refractivity contribution >= 4 is 11.6 Å². The topological polar surface area (TPSA) is 44.3 Å². The standard InChI is InChI=1S/C12H23N5/c1-5-6-14-11-9-13-10-12(15-11)17(4)8-7-16(2)3/h9-10H,5-8H2,1-4H3,(H,14,15). The summed E-state index contributed by atoms with van der Waals surface area (Å²) >= 11 is 0. The van der Waals surface area contributed by atoms with Gasteiger partial charge in [-0.25, -0.2) is 4.98 Å². The van der Waals surface area contributed by atoms with E-state index in [1.807, 2.05) is 7.05 Å². The van der Waals surface area contributed by atoms with Crippen LogP contribution in [0, 0.1) is 0 Å². The highest BCUT2D eigenvalue weighted by atomic mass is 15.2. The fourth-order valence-corrected chi connectivity index (χ4v) is 1.34. The van der Waals surface area contributed by atoms with Gasteiger partial charge in [-0.2, -0.15) is 0 Å². The molecule has 0 aromatic carbocycles. The molecule has 1 aromatic heterocycles. The SMILES string of the molecule is CCCNc1cncc(N(C)CCN(C)C)n1. The molecule has 0 aliphatic heterocycles. The Morgan fingerprint density at radius 1 is 1.18 bits per heavy atom. The second-order valence-electron chi connectivity index (χ2n) is 4.41. The minimum absolute atomic E-state index is 0.848. The Hall–Kier alpha value is -1.36. The summed E-state index contributed by atoms with van der Waals surface area (Å²) in [5.74, 6) is 1.76. The maximum Gasteiger partial charge on any atom is 0.149 e. The Kier molecular flexibility index (Phi) is 5.69. The maximum atomic E-state index is 4.52. The smallest absolute Gasteiger partial charge is 0.149 e. The number of nitrogens with one attached hydrogen (secondary N) is 1. The first-order valence-corrected chi connectivity index (χ1v) is 6.05. The van der Waals surface area contributed by atoms with Gasteiger partial charge in [0.05, 0.1) is 12.4 Å². The van der Waals surface area contributed by atoms with Crippen LogP contribution >= 0.6 is 0 Å². The van der Waals surface area contributed by atoms with Gasteiger partial charge in [0.1, 0.15) is 11.6 Å². The molecule has 0 amide bonds. The average Bonchev–Trinajstić information content (AvgIpc) is 2.33. The van der Waals surface area contributed by atoms with Crippen LogP contribution in [0.15, 0.2) is 12.4 Å². The van der Waals surface area contributed by atoms with Crippen molar-refractivity contribution in [2.45, 2.75) is 13.3 Å². The van der Waals surface area contributed by atoms with E-state index in [9.17, 15) is 0 Å². The number of nitrogens with zero attached hydrogens (tertiary/aromatic N) is 4. The second kappa shape index (κ2) is 7.06. The number of aromatic nitrogens is 2. The third kappa shape index (κ3) is 4.99. The Labute approximate surface area is 104 Å². The molecular weight excluding hydrogens is 214 g/mol. The Balaban J connectivity index is 2.57. The van der Waals surface area contributed by atoms with Crippen LogP contribution in [0.4, 0.5) is 11.6 Å². The molecule has 0 unspecified atom stereocenters. The Bertz CT molecular complexity index is 326. The molecule has 1 heterocycles. The van der Waals surface area contributed by atoms with Crippen molar-refractivity contribution in [3.8, 4) is 0 Å². The molecule has 1 aromatic rings. The number of rotatable bonds is 7. The van der Waals surface area contributed by atoms with Crippen LogP contribution in [-0.4, -0.2) is 55.6 Å². The minimum atomic E-state index is 0.848. The van der Waals surface area contributed by atoms with Gasteiger partial charge >= 0.3 is 0 Å². The van der Waals surface area contributed by atoms with Crippen molar-refractivity contribution < 1.29 is 0 Å². The van der Waals surface area contributed by atoms with Gasteiger partial charge in [-0.1, -0.05) is 6.92 Å². The van der Waals surface area contributed by atoms with E-state index in [2.05, 4.69) is 46.1 Å². The van der Waals surface area contributed by atoms with E-state index in [1.165, 1.54) is 0 Å². The van der Waals surface area contributed by atoms with E-state index in [1.54, 1.807) is 12.4 Å². The molecule has 0 saturated carbocycles. The summed E-state index contributed by atoms with van der Waals surface area (Å²) in [6.07, 6.45) is 4.65. The van der Waals surface area contributed by atoms with Gasteiger partial charge in [0, 0.05) is 26.7 Å². The lowest BCUT2D eigenvalue weighted by molar-refractivity contribution is 0.416. The van der Waals surface area contributed by atoms with Crippen molar-refractivity contribution in [3.05, 3.63) is 12.4 Å². The first-order chi connectivity index (χ1) is 8.13. The van der Waals surface area contributed by atoms with Gasteiger partial charge < -0.3 is 15.1 Å². The number of hydrogen-bond acceptors (Lipinski definition) is 5. The third-order valence-electron chi connectivity index (χ3n) is 2.45. The monoisotopic (exact) mass is 237 g/mol. The molecule has 5 nitrogen and oxygen atoms in total. The van der Waals surface area contributed by atoms with Crippen LogP contribution < -0.4 is 10.2 Å². The molecule has 0 saturated heterocycles. The van der Waals surface area contributed by atoms with E-state index < -0.39 is 0 Å². The lowest BCUT2D eigenvalue weighted by Gasteiger charge is -2.20. The van der Waals surface area contributed by atoms with E-state index in [4.69, 9.17) is 0 Å². The summed E-state index contributed by atoms with van der Waals surface area (Å²) in [4.78, 5) is 13.0. The predicted molar refractivity (Wildman–Crippen MR) is 72.6 cm³/mol. The molecule has 0 bridgehead atoms. The summed E-state index contributed by atoms with van der Waals surface area (Å²) in [6, 6.07) is 0. The summed E-state index contributed by atoms with van der Waals surface area (Å²) in [6.45, 7) is 5.01. The number of likely N-dealkylation sites (N-methyl/N-ethyl adjacent to an activating group) is 2. The molecule has 0 fully saturated rings. The second-order valence-corrected chi connectivity index (χ2v) is 4.41. The normalized spacial score (nSPS) is 10.6. The summed E-state index contributed by atoms with van der Waals surface area (Å²) in [5, 5.41) is 3.24. The highest BCUT2D eigenvalue weighted by Crippen LogP contribution is 2.10. The van der Waals surface area contributed by atoms with Gasteiger partial charge in [-0.05, 0) is 20.5 Å². The van der Waals surface area contributed by atoms with Crippen LogP contribution in [0.3, 0.4) is 0 Å². The number of anilines is 2. The lowest BCUT2D eigenvalue weighted by Crippen LogP contribution is -2.29. The molecule has 1 rings (SSSR count). The van der Waals surface area contributed by atoms with E-state index in [0.29, 0.717) is 0 Å². The largest absolute Gasteiger partial charge is 0.369 e. The highest BCUT2D eigenvalue weighted by molar-refractivity contribution is 5.43. The molecule has 0 spiro atoms. The molecule has 0 radical (unpaired) electrons. The molecule has 0 atom stereocenters. The van der Waals surface area contributed by atoms with Crippen LogP contribution in [-0.2, 0) is 0 Å². The van der Waals surface area contributed by atoms with Crippen molar-refractivity contribution in [3.63, 3.8) is 0 Å². The third-order valence-corrected chi connectivity index (χ3v) is 2.45. The first kappa shape index (κ1) is 13.7. The van der Waals surface area contributed by atoms with Crippen LogP contribution in [0.2, 0.25) is 0 Å². The molecule has 0 aliphatic rings. The summed E-state index contributed by atoms with van der Waals surface area (Å²) in [5.41, 5.74) is 0. The molecule has 5 heteroatoms. The van der Waals surface area contributed by atoms with Crippen molar-refractivity contribution in [1.29, 1.82) is 0 Å². The molecule has 96 valence electrons. The van der Waals surface area contributed by atoms with Crippen molar-refractivity contribution in [2.24, 2.45) is 0 Å². The van der Waals surface area contributed by atoms with Gasteiger partial charge in [-0.3, -0.25) is 4.98 Å². The van der Waals surface area contributed by atoms with Gasteiger partial charge in [0.25, 0.3) is 0 Å². The van der Waals surface area contributed by atoms with E-state index in [0.717, 1.165) is 37.7 Å². The minimum Gasteiger partial charge on any atom is -0.369 e. The van der Waals surface area contributed by atoms with Crippen LogP contribution in [0.25, 0.3) is 0 Å². The van der Waals surface area contributed by atoms with E-state index in [-0.39, 0.29) is 0 Å². The Morgan fingerprint density at radius 2 is 1.94 bits per heavy atom. The molecule has 0 aliphatic carbocycles. The zero-order chi connectivity index (χ0) is 12.7. The van der Waals surface area contributed by atoms with Crippen molar-refractivity contribution in [1.82, 2.24) is 14.9 Å². The average molecular weight is 237 g/mol. The zero-order valence-corrected chi connectivity index (χ0v) is 11.3. The highest BCUT2D eigenvalue weighted by Gasteiger charge is 2.04. The van der Waals surface area contributed by atoms with Gasteiger partial charge in [0.15, 0.2) is 0 Å². The van der Waals surface area contributed by atoms with Crippen molar-refractivity contribution in [2.75, 3.05) is 51.0 Å². The fraction of sp³-hybridized carbons (Fsp3) is 0.667. The lowest BCUT2D eigenvalue weighted by atomic mass is 10.4. The zero-order valence-electron chi connectivity index (χ0n) is 11.3. The molecule has 17 heavy (non-hydrogen) atoms. The maximum absolute atomic E-state index is 4.52. The summed E-state index contributed by atoms with van der Waals surface area (Å²) in [7, 11) is 6.18. The Morgan fingerprint density at radius 3 is 2.59 bits per heavy atom. The van der Waals surface area contributed by atoms with Gasteiger partial charge in [-0.15, -0.1) is 0 Å². The molecule has 1 N–H and O–H groups in total. The first-order valence-electron chi connectivity index (χ1n) is 6.05.